The van der Waals surface area contributed by atoms with Crippen molar-refractivity contribution >= 4 is 17.0 Å². The summed E-state index contributed by atoms with van der Waals surface area (Å²) in [6, 6.07) is 22.4. The summed E-state index contributed by atoms with van der Waals surface area (Å²) < 4.78 is 0. The van der Waals surface area contributed by atoms with Crippen molar-refractivity contribution in [3.05, 3.63) is 82.0 Å². The fraction of sp³-hybridized carbons (Fsp3) is 0.261. The summed E-state index contributed by atoms with van der Waals surface area (Å²) in [4.78, 5) is 3.88. The van der Waals surface area contributed by atoms with Gasteiger partial charge in [-0.15, -0.1) is 11.3 Å². The maximum Gasteiger partial charge on any atom is 0.0746 e. The molecule has 3 aromatic rings. The van der Waals surface area contributed by atoms with E-state index in [1.807, 2.05) is 0 Å². The van der Waals surface area contributed by atoms with Gasteiger partial charge in [-0.2, -0.15) is 5.10 Å². The molecule has 2 aliphatic rings. The van der Waals surface area contributed by atoms with E-state index in [4.69, 9.17) is 5.10 Å². The summed E-state index contributed by atoms with van der Waals surface area (Å²) >= 11 is 1.76. The van der Waals surface area contributed by atoms with Gasteiger partial charge < -0.3 is 0 Å². The fourth-order valence-electron chi connectivity index (χ4n) is 4.34. The van der Waals surface area contributed by atoms with E-state index in [0.29, 0.717) is 6.04 Å². The molecule has 0 saturated carbocycles. The van der Waals surface area contributed by atoms with Crippen LogP contribution in [0.25, 0.3) is 11.1 Å². The normalized spacial score (nSPS) is 17.8. The zero-order chi connectivity index (χ0) is 18.2. The molecule has 4 heteroatoms. The minimum Gasteiger partial charge on any atom is -0.294 e. The second-order valence-electron chi connectivity index (χ2n) is 7.23. The lowest BCUT2D eigenvalue weighted by Crippen LogP contribution is -2.45. The van der Waals surface area contributed by atoms with Gasteiger partial charge in [0, 0.05) is 31.1 Å². The van der Waals surface area contributed by atoms with E-state index in [-0.39, 0.29) is 0 Å². The molecule has 3 nitrogen and oxygen atoms in total. The number of nitrogens with zero attached hydrogens (tertiary/aromatic N) is 3. The Balaban J connectivity index is 1.36. The Kier molecular flexibility index (Phi) is 4.30. The third-order valence-electron chi connectivity index (χ3n) is 5.63. The van der Waals surface area contributed by atoms with Crippen LogP contribution < -0.4 is 0 Å². The van der Waals surface area contributed by atoms with Crippen LogP contribution in [0.15, 0.2) is 71.1 Å². The Morgan fingerprint density at radius 1 is 0.852 bits per heavy atom. The van der Waals surface area contributed by atoms with Gasteiger partial charge in [-0.3, -0.25) is 9.91 Å². The van der Waals surface area contributed by atoms with Crippen molar-refractivity contribution in [2.24, 2.45) is 5.10 Å². The van der Waals surface area contributed by atoms with Crippen LogP contribution in [0.3, 0.4) is 0 Å². The van der Waals surface area contributed by atoms with Crippen LogP contribution in [0, 0.1) is 0 Å². The van der Waals surface area contributed by atoms with Crippen molar-refractivity contribution in [2.45, 2.75) is 13.0 Å². The quantitative estimate of drug-likeness (QED) is 0.611. The van der Waals surface area contributed by atoms with Crippen LogP contribution in [-0.2, 0) is 0 Å². The van der Waals surface area contributed by atoms with Gasteiger partial charge in [-0.25, -0.2) is 0 Å². The SMILES string of the molecule is C/C(=N\N1CCN(C2c3ccccc3-c3ccccc32)CC1)c1cccs1. The molecule has 1 saturated heterocycles. The molecular formula is C23H23N3S. The molecule has 0 spiro atoms. The molecule has 1 aliphatic heterocycles. The zero-order valence-electron chi connectivity index (χ0n) is 15.5. The first-order valence-corrected chi connectivity index (χ1v) is 10.5. The van der Waals surface area contributed by atoms with Gasteiger partial charge in [0.2, 0.25) is 0 Å². The highest BCUT2D eigenvalue weighted by molar-refractivity contribution is 7.12. The minimum atomic E-state index is 0.377. The summed E-state index contributed by atoms with van der Waals surface area (Å²) in [5, 5.41) is 9.21. The first kappa shape index (κ1) is 16.7. The molecule has 27 heavy (non-hydrogen) atoms. The van der Waals surface area contributed by atoms with Crippen molar-refractivity contribution in [3.63, 3.8) is 0 Å². The van der Waals surface area contributed by atoms with Crippen molar-refractivity contribution in [1.29, 1.82) is 0 Å². The largest absolute Gasteiger partial charge is 0.294 e. The maximum absolute atomic E-state index is 4.86. The minimum absolute atomic E-state index is 0.377. The summed E-state index contributed by atoms with van der Waals surface area (Å²) in [5.41, 5.74) is 6.81. The Hall–Kier alpha value is -2.43. The smallest absolute Gasteiger partial charge is 0.0746 e. The molecule has 0 N–H and O–H groups in total. The number of fused-ring (bicyclic) bond motifs is 3. The van der Waals surface area contributed by atoms with Gasteiger partial charge in [-0.05, 0) is 40.6 Å². The lowest BCUT2D eigenvalue weighted by atomic mass is 10.0. The van der Waals surface area contributed by atoms with E-state index in [2.05, 4.69) is 82.9 Å². The van der Waals surface area contributed by atoms with Gasteiger partial charge in [0.25, 0.3) is 0 Å². The number of hydrazone groups is 1. The van der Waals surface area contributed by atoms with Crippen LogP contribution >= 0.6 is 11.3 Å². The first-order valence-electron chi connectivity index (χ1n) is 9.57. The van der Waals surface area contributed by atoms with Gasteiger partial charge in [-0.1, -0.05) is 54.6 Å². The molecule has 1 aliphatic carbocycles. The summed E-state index contributed by atoms with van der Waals surface area (Å²) in [6.07, 6.45) is 0. The Labute approximate surface area is 164 Å². The standard InChI is InChI=1S/C23H23N3S/c1-17(22-11-6-16-27-22)24-26-14-12-25(13-15-26)23-20-9-4-2-7-18(20)19-8-3-5-10-21(19)23/h2-11,16,23H,12-15H2,1H3/b24-17+. The van der Waals surface area contributed by atoms with Gasteiger partial charge >= 0.3 is 0 Å². The van der Waals surface area contributed by atoms with Crippen molar-refractivity contribution in [2.75, 3.05) is 26.2 Å². The lowest BCUT2D eigenvalue weighted by Gasteiger charge is -2.37. The molecule has 1 aromatic heterocycles. The average molecular weight is 374 g/mol. The fourth-order valence-corrected chi connectivity index (χ4v) is 5.01. The Bertz CT molecular complexity index is 923. The number of benzene rings is 2. The molecule has 0 atom stereocenters. The number of thiophene rings is 1. The molecule has 136 valence electrons. The summed E-state index contributed by atoms with van der Waals surface area (Å²) in [7, 11) is 0. The highest BCUT2D eigenvalue weighted by Gasteiger charge is 2.33. The third kappa shape index (κ3) is 2.99. The van der Waals surface area contributed by atoms with E-state index >= 15 is 0 Å². The molecule has 2 heterocycles. The third-order valence-corrected chi connectivity index (χ3v) is 6.60. The molecule has 0 amide bonds. The summed E-state index contributed by atoms with van der Waals surface area (Å²) in [6.45, 7) is 6.14. The van der Waals surface area contributed by atoms with Crippen molar-refractivity contribution in [3.8, 4) is 11.1 Å². The number of rotatable bonds is 3. The molecule has 0 unspecified atom stereocenters. The second kappa shape index (κ2) is 6.95. The lowest BCUT2D eigenvalue weighted by molar-refractivity contribution is 0.114. The Morgan fingerprint density at radius 2 is 1.48 bits per heavy atom. The van der Waals surface area contributed by atoms with E-state index in [1.54, 1.807) is 11.3 Å². The number of hydrogen-bond donors (Lipinski definition) is 0. The van der Waals surface area contributed by atoms with Crippen molar-refractivity contribution in [1.82, 2.24) is 9.91 Å². The van der Waals surface area contributed by atoms with E-state index in [9.17, 15) is 0 Å². The molecule has 0 radical (unpaired) electrons. The van der Waals surface area contributed by atoms with Crippen LogP contribution in [0.5, 0.6) is 0 Å². The number of piperazine rings is 1. The number of hydrogen-bond acceptors (Lipinski definition) is 4. The predicted molar refractivity (Wildman–Crippen MR) is 113 cm³/mol. The van der Waals surface area contributed by atoms with Crippen LogP contribution in [-0.4, -0.2) is 41.8 Å². The molecule has 2 aromatic carbocycles. The second-order valence-corrected chi connectivity index (χ2v) is 8.18. The van der Waals surface area contributed by atoms with Gasteiger partial charge in [0.05, 0.1) is 11.8 Å². The van der Waals surface area contributed by atoms with Gasteiger partial charge in [0.1, 0.15) is 0 Å². The highest BCUT2D eigenvalue weighted by Crippen LogP contribution is 2.46. The van der Waals surface area contributed by atoms with E-state index in [0.717, 1.165) is 31.9 Å². The molecule has 1 fully saturated rings. The first-order chi connectivity index (χ1) is 13.3. The topological polar surface area (TPSA) is 18.8 Å². The van der Waals surface area contributed by atoms with E-state index in [1.165, 1.54) is 27.1 Å². The van der Waals surface area contributed by atoms with Crippen LogP contribution in [0.4, 0.5) is 0 Å². The van der Waals surface area contributed by atoms with Gasteiger partial charge in [0.15, 0.2) is 0 Å². The maximum atomic E-state index is 4.86. The monoisotopic (exact) mass is 373 g/mol. The average Bonchev–Trinajstić information content (AvgIpc) is 3.35. The molecular weight excluding hydrogens is 350 g/mol. The van der Waals surface area contributed by atoms with Crippen molar-refractivity contribution < 1.29 is 0 Å². The highest BCUT2D eigenvalue weighted by atomic mass is 32.1. The van der Waals surface area contributed by atoms with Crippen LogP contribution in [0.1, 0.15) is 29.0 Å². The predicted octanol–water partition coefficient (Wildman–Crippen LogP) is 4.86. The zero-order valence-corrected chi connectivity index (χ0v) is 16.3. The van der Waals surface area contributed by atoms with Crippen LogP contribution in [0.2, 0.25) is 0 Å². The van der Waals surface area contributed by atoms with E-state index < -0.39 is 0 Å². The molecule has 5 rings (SSSR count). The molecule has 0 bridgehead atoms. The summed E-state index contributed by atoms with van der Waals surface area (Å²) in [5.74, 6) is 0. The Morgan fingerprint density at radius 3 is 2.07 bits per heavy atom.